The molecule has 9 nitrogen and oxygen atoms in total. The fraction of sp³-hybridized carbons (Fsp3) is 0.152. The van der Waals surface area contributed by atoms with Crippen molar-refractivity contribution >= 4 is 28.8 Å². The molecule has 1 fully saturated rings. The maximum atomic E-state index is 13.2. The van der Waals surface area contributed by atoms with Gasteiger partial charge in [0.2, 0.25) is 0 Å². The molecule has 3 N–H and O–H groups in total. The van der Waals surface area contributed by atoms with Gasteiger partial charge >= 0.3 is 0 Å². The van der Waals surface area contributed by atoms with Crippen LogP contribution in [0.3, 0.4) is 0 Å². The molecule has 1 amide bonds. The van der Waals surface area contributed by atoms with E-state index in [-0.39, 0.29) is 17.5 Å². The van der Waals surface area contributed by atoms with Crippen LogP contribution in [0.2, 0.25) is 0 Å². The van der Waals surface area contributed by atoms with E-state index in [9.17, 15) is 10.1 Å². The molecule has 6 rings (SSSR count). The number of nitrogens with one attached hydrogen (secondary N) is 1. The Morgan fingerprint density at radius 2 is 1.86 bits per heavy atom. The highest BCUT2D eigenvalue weighted by Crippen LogP contribution is 2.35. The molecule has 42 heavy (non-hydrogen) atoms. The number of para-hydroxylation sites is 1. The summed E-state index contributed by atoms with van der Waals surface area (Å²) < 4.78 is 7.90. The summed E-state index contributed by atoms with van der Waals surface area (Å²) >= 11 is 0. The van der Waals surface area contributed by atoms with Gasteiger partial charge < -0.3 is 25.3 Å². The van der Waals surface area contributed by atoms with Crippen molar-refractivity contribution in [1.29, 1.82) is 5.26 Å². The molecule has 1 atom stereocenters. The number of carbonyl (C=O) groups excluding carboxylic acids is 1. The Kier molecular flexibility index (Phi) is 7.37. The molecule has 1 saturated heterocycles. The van der Waals surface area contributed by atoms with Crippen LogP contribution in [0.5, 0.6) is 11.5 Å². The molecule has 0 bridgehead atoms. The number of hydrogen-bond acceptors (Lipinski definition) is 7. The average molecular weight is 556 g/mol. The molecular formula is C33H29N7O2. The number of nitrogen functional groups attached to an aromatic ring is 1. The third kappa shape index (κ3) is 5.31. The second-order valence-electron chi connectivity index (χ2n) is 10.1. The molecule has 208 valence electrons. The lowest BCUT2D eigenvalue weighted by molar-refractivity contribution is -0.129. The second kappa shape index (κ2) is 11.6. The molecule has 3 aromatic carbocycles. The number of ether oxygens (including phenoxy) is 1. The first kappa shape index (κ1) is 26.7. The van der Waals surface area contributed by atoms with Gasteiger partial charge in [0.05, 0.1) is 5.39 Å². The Bertz CT molecular complexity index is 1820. The van der Waals surface area contributed by atoms with Gasteiger partial charge in [-0.2, -0.15) is 5.26 Å². The number of benzene rings is 3. The number of anilines is 1. The maximum absolute atomic E-state index is 13.2. The Balaban J connectivity index is 1.35. The van der Waals surface area contributed by atoms with Crippen LogP contribution in [0.25, 0.3) is 33.9 Å². The van der Waals surface area contributed by atoms with E-state index < -0.39 is 0 Å². The van der Waals surface area contributed by atoms with E-state index in [0.717, 1.165) is 39.3 Å². The van der Waals surface area contributed by atoms with Crippen LogP contribution < -0.4 is 15.8 Å². The third-order valence-electron chi connectivity index (χ3n) is 7.33. The van der Waals surface area contributed by atoms with Crippen molar-refractivity contribution < 1.29 is 9.53 Å². The van der Waals surface area contributed by atoms with Crippen molar-refractivity contribution in [2.45, 2.75) is 13.0 Å². The predicted molar refractivity (Wildman–Crippen MR) is 163 cm³/mol. The predicted octanol–water partition coefficient (Wildman–Crippen LogP) is 5.19. The molecule has 1 aliphatic rings. The Labute approximate surface area is 243 Å². The third-order valence-corrected chi connectivity index (χ3v) is 7.33. The van der Waals surface area contributed by atoms with Crippen LogP contribution in [-0.4, -0.2) is 51.0 Å². The number of aromatic nitrogens is 3. The van der Waals surface area contributed by atoms with E-state index in [4.69, 9.17) is 10.5 Å². The summed E-state index contributed by atoms with van der Waals surface area (Å²) in [5.74, 6) is 1.59. The van der Waals surface area contributed by atoms with Crippen LogP contribution in [0.4, 0.5) is 5.82 Å². The van der Waals surface area contributed by atoms with E-state index in [0.29, 0.717) is 31.1 Å². The normalized spacial score (nSPS) is 15.4. The van der Waals surface area contributed by atoms with Gasteiger partial charge in [-0.3, -0.25) is 4.79 Å². The number of rotatable bonds is 6. The minimum Gasteiger partial charge on any atom is -0.457 e. The number of carbonyl (C=O) groups is 1. The van der Waals surface area contributed by atoms with Gasteiger partial charge in [0.25, 0.3) is 5.91 Å². The van der Waals surface area contributed by atoms with Crippen molar-refractivity contribution in [3.05, 3.63) is 103 Å². The van der Waals surface area contributed by atoms with E-state index in [2.05, 4.69) is 21.4 Å². The molecule has 1 unspecified atom stereocenters. The van der Waals surface area contributed by atoms with Crippen LogP contribution in [-0.2, 0) is 4.79 Å². The number of fused-ring (bicyclic) bond motifs is 1. The minimum atomic E-state index is -0.259. The zero-order valence-corrected chi connectivity index (χ0v) is 23.1. The summed E-state index contributed by atoms with van der Waals surface area (Å²) in [5, 5.41) is 13.8. The molecule has 0 aliphatic carbocycles. The van der Waals surface area contributed by atoms with Crippen molar-refractivity contribution in [3.63, 3.8) is 0 Å². The fourth-order valence-electron chi connectivity index (χ4n) is 5.20. The quantitative estimate of drug-likeness (QED) is 0.218. The number of nitrogens with two attached hydrogens (primary N) is 1. The molecule has 5 aromatic rings. The fourth-order valence-corrected chi connectivity index (χ4v) is 5.20. The number of nitriles is 1. The van der Waals surface area contributed by atoms with Crippen LogP contribution in [0, 0.1) is 11.3 Å². The van der Waals surface area contributed by atoms with Gasteiger partial charge in [-0.05, 0) is 60.5 Å². The summed E-state index contributed by atoms with van der Waals surface area (Å²) in [6, 6.07) is 27.1. The van der Waals surface area contributed by atoms with Gasteiger partial charge in [0.15, 0.2) is 5.65 Å². The van der Waals surface area contributed by atoms with Gasteiger partial charge in [-0.25, -0.2) is 9.97 Å². The highest BCUT2D eigenvalue weighted by molar-refractivity contribution is 6.03. The lowest BCUT2D eigenvalue weighted by Crippen LogP contribution is -2.52. The molecule has 0 saturated carbocycles. The van der Waals surface area contributed by atoms with Gasteiger partial charge in [0.1, 0.15) is 35.3 Å². The van der Waals surface area contributed by atoms with Crippen LogP contribution in [0.1, 0.15) is 12.5 Å². The smallest absolute Gasteiger partial charge is 0.264 e. The summed E-state index contributed by atoms with van der Waals surface area (Å²) in [6.45, 7) is 3.96. The molecule has 2 aromatic heterocycles. The van der Waals surface area contributed by atoms with Crippen molar-refractivity contribution in [2.24, 2.45) is 0 Å². The zero-order chi connectivity index (χ0) is 29.1. The first-order valence-corrected chi connectivity index (χ1v) is 13.7. The van der Waals surface area contributed by atoms with E-state index in [1.54, 1.807) is 11.0 Å². The number of hydrogen-bond donors (Lipinski definition) is 2. The topological polar surface area (TPSA) is 122 Å². The Morgan fingerprint density at radius 1 is 1.07 bits per heavy atom. The minimum absolute atomic E-state index is 0.0168. The van der Waals surface area contributed by atoms with Crippen molar-refractivity contribution in [3.8, 4) is 34.4 Å². The molecular weight excluding hydrogens is 526 g/mol. The highest BCUT2D eigenvalue weighted by atomic mass is 16.5. The average Bonchev–Trinajstić information content (AvgIpc) is 3.42. The summed E-state index contributed by atoms with van der Waals surface area (Å²) in [6.07, 6.45) is 5.06. The first-order valence-electron chi connectivity index (χ1n) is 13.7. The maximum Gasteiger partial charge on any atom is 0.264 e. The summed E-state index contributed by atoms with van der Waals surface area (Å²) in [5.41, 5.74) is 10.5. The molecule has 0 radical (unpaired) electrons. The summed E-state index contributed by atoms with van der Waals surface area (Å²) in [7, 11) is 0. The van der Waals surface area contributed by atoms with E-state index >= 15 is 0 Å². The second-order valence-corrected chi connectivity index (χ2v) is 10.1. The first-order chi connectivity index (χ1) is 20.5. The lowest BCUT2D eigenvalue weighted by Gasteiger charge is -2.33. The van der Waals surface area contributed by atoms with Gasteiger partial charge in [-0.1, -0.05) is 42.5 Å². The number of amides is 1. The van der Waals surface area contributed by atoms with Gasteiger partial charge in [0, 0.05) is 43.1 Å². The zero-order valence-electron chi connectivity index (χ0n) is 23.1. The van der Waals surface area contributed by atoms with Crippen LogP contribution in [0.15, 0.2) is 97.0 Å². The van der Waals surface area contributed by atoms with Gasteiger partial charge in [-0.15, -0.1) is 0 Å². The number of piperazine rings is 1. The Morgan fingerprint density at radius 3 is 2.62 bits per heavy atom. The highest BCUT2D eigenvalue weighted by Gasteiger charge is 2.25. The van der Waals surface area contributed by atoms with E-state index in [1.807, 2.05) is 96.6 Å². The van der Waals surface area contributed by atoms with E-state index in [1.165, 1.54) is 6.33 Å². The Hall–Kier alpha value is -5.46. The van der Waals surface area contributed by atoms with Crippen molar-refractivity contribution in [2.75, 3.05) is 25.4 Å². The molecule has 9 heteroatoms. The van der Waals surface area contributed by atoms with Crippen molar-refractivity contribution in [1.82, 2.24) is 24.8 Å². The molecule has 1 aliphatic heterocycles. The monoisotopic (exact) mass is 555 g/mol. The standard InChI is InChI=1S/C33H29N7O2/c1-22-19-36-14-15-39(22)33(41)25(18-34)16-23-6-5-7-26(17-23)40-20-29(30-31(35)37-21-38-32(30)40)24-10-12-28(13-11-24)42-27-8-3-2-4-9-27/h2-13,16-17,20-22,36H,14-15,19H2,1H3,(H2,35,37,38)/b25-16+. The SMILES string of the molecule is CC1CNCCN1C(=O)/C(C#N)=C/c1cccc(-n2cc(-c3ccc(Oc4ccccc4)cc3)c3c(N)ncnc32)c1. The molecule has 0 spiro atoms. The largest absolute Gasteiger partial charge is 0.457 e. The molecule has 3 heterocycles. The summed E-state index contributed by atoms with van der Waals surface area (Å²) in [4.78, 5) is 23.7. The number of nitrogens with zero attached hydrogens (tertiary/aromatic N) is 5. The lowest BCUT2D eigenvalue weighted by atomic mass is 10.1. The van der Waals surface area contributed by atoms with Crippen LogP contribution >= 0.6 is 0 Å².